The fraction of sp³-hybridized carbons (Fsp3) is 0.917. The highest BCUT2D eigenvalue weighted by Gasteiger charge is 2.28. The summed E-state index contributed by atoms with van der Waals surface area (Å²) in [7, 11) is 0. The van der Waals surface area contributed by atoms with Crippen LogP contribution in [0.5, 0.6) is 0 Å². The van der Waals surface area contributed by atoms with Crippen molar-refractivity contribution >= 4 is 17.7 Å². The summed E-state index contributed by atoms with van der Waals surface area (Å²) in [5.74, 6) is 1.33. The van der Waals surface area contributed by atoms with Crippen molar-refractivity contribution in [1.29, 1.82) is 0 Å². The monoisotopic (exact) mass is 248 g/mol. The van der Waals surface area contributed by atoms with E-state index in [1.165, 1.54) is 6.92 Å². The summed E-state index contributed by atoms with van der Waals surface area (Å²) >= 11 is 1.89. The van der Waals surface area contributed by atoms with E-state index in [2.05, 4.69) is 20.8 Å². The van der Waals surface area contributed by atoms with Gasteiger partial charge in [0.1, 0.15) is 6.10 Å². The molecule has 0 aliphatic heterocycles. The van der Waals surface area contributed by atoms with E-state index < -0.39 is 0 Å². The minimum atomic E-state index is -0.382. The van der Waals surface area contributed by atoms with E-state index in [-0.39, 0.29) is 24.6 Å². The van der Waals surface area contributed by atoms with Crippen molar-refractivity contribution in [2.75, 3.05) is 12.4 Å². The minimum Gasteiger partial charge on any atom is -0.460 e. The average Bonchev–Trinajstić information content (AvgIpc) is 2.23. The quantitative estimate of drug-likeness (QED) is 0.702. The maximum atomic E-state index is 10.9. The highest BCUT2D eigenvalue weighted by Crippen LogP contribution is 2.28. The number of carbonyl (C=O) groups is 1. The van der Waals surface area contributed by atoms with Gasteiger partial charge < -0.3 is 9.84 Å². The van der Waals surface area contributed by atoms with Crippen molar-refractivity contribution in [2.45, 2.75) is 46.0 Å². The normalized spacial score (nSPS) is 18.6. The molecule has 96 valence electrons. The summed E-state index contributed by atoms with van der Waals surface area (Å²) in [6.45, 7) is 9.76. The molecule has 0 aliphatic rings. The zero-order valence-corrected chi connectivity index (χ0v) is 11.7. The zero-order chi connectivity index (χ0) is 12.7. The highest BCUT2D eigenvalue weighted by molar-refractivity contribution is 7.99. The van der Waals surface area contributed by atoms with Gasteiger partial charge >= 0.3 is 5.97 Å². The second kappa shape index (κ2) is 7.96. The average molecular weight is 248 g/mol. The van der Waals surface area contributed by atoms with Crippen molar-refractivity contribution in [3.8, 4) is 0 Å². The summed E-state index contributed by atoms with van der Waals surface area (Å²) in [6, 6.07) is 0. The Morgan fingerprint density at radius 3 is 2.25 bits per heavy atom. The van der Waals surface area contributed by atoms with Crippen LogP contribution in [0.1, 0.15) is 34.6 Å². The number of thioether (sulfide) groups is 1. The van der Waals surface area contributed by atoms with Crippen molar-refractivity contribution in [1.82, 2.24) is 0 Å². The van der Waals surface area contributed by atoms with Crippen LogP contribution in [-0.4, -0.2) is 34.8 Å². The van der Waals surface area contributed by atoms with Crippen LogP contribution in [0.25, 0.3) is 0 Å². The van der Waals surface area contributed by atoms with E-state index in [9.17, 15) is 9.90 Å². The van der Waals surface area contributed by atoms with E-state index in [1.807, 2.05) is 18.7 Å². The number of ether oxygens (including phenoxy) is 1. The van der Waals surface area contributed by atoms with Crippen LogP contribution in [-0.2, 0) is 9.53 Å². The van der Waals surface area contributed by atoms with E-state index in [0.29, 0.717) is 11.2 Å². The molecular formula is C12H24O3S. The van der Waals surface area contributed by atoms with Crippen LogP contribution in [0.15, 0.2) is 0 Å². The molecule has 4 atom stereocenters. The molecule has 0 aliphatic carbocycles. The molecule has 0 fully saturated rings. The van der Waals surface area contributed by atoms with Gasteiger partial charge in [0.15, 0.2) is 0 Å². The van der Waals surface area contributed by atoms with Gasteiger partial charge in [-0.3, -0.25) is 4.79 Å². The third kappa shape index (κ3) is 5.21. The van der Waals surface area contributed by atoms with Gasteiger partial charge in [-0.05, 0) is 17.6 Å². The van der Waals surface area contributed by atoms with E-state index >= 15 is 0 Å². The van der Waals surface area contributed by atoms with E-state index in [4.69, 9.17) is 4.74 Å². The number of aliphatic hydroxyl groups is 1. The molecule has 0 spiro atoms. The molecular weight excluding hydrogens is 224 g/mol. The van der Waals surface area contributed by atoms with Gasteiger partial charge in [0.05, 0.1) is 6.61 Å². The number of carbonyl (C=O) groups excluding carboxylic acids is 1. The van der Waals surface area contributed by atoms with Gasteiger partial charge in [-0.25, -0.2) is 0 Å². The minimum absolute atomic E-state index is 0.103. The molecule has 1 N–H and O–H groups in total. The molecule has 0 bridgehead atoms. The molecule has 0 radical (unpaired) electrons. The molecule has 0 heterocycles. The topological polar surface area (TPSA) is 46.5 Å². The first-order valence-electron chi connectivity index (χ1n) is 5.83. The fourth-order valence-corrected chi connectivity index (χ4v) is 2.78. The molecule has 0 aromatic carbocycles. The number of esters is 1. The predicted molar refractivity (Wildman–Crippen MR) is 68.6 cm³/mol. The van der Waals surface area contributed by atoms with Crippen LogP contribution in [0.3, 0.4) is 0 Å². The first-order chi connectivity index (χ1) is 7.43. The molecule has 0 aromatic rings. The number of aliphatic hydroxyl groups excluding tert-OH is 1. The molecule has 0 saturated heterocycles. The van der Waals surface area contributed by atoms with Crippen molar-refractivity contribution in [2.24, 2.45) is 11.8 Å². The second-order valence-electron chi connectivity index (χ2n) is 4.21. The number of rotatable bonds is 7. The molecule has 4 unspecified atom stereocenters. The summed E-state index contributed by atoms with van der Waals surface area (Å²) in [5.41, 5.74) is 0. The maximum absolute atomic E-state index is 10.9. The Morgan fingerprint density at radius 2 is 1.88 bits per heavy atom. The highest BCUT2D eigenvalue weighted by atomic mass is 32.2. The van der Waals surface area contributed by atoms with E-state index in [0.717, 1.165) is 5.75 Å². The Hall–Kier alpha value is -0.220. The van der Waals surface area contributed by atoms with Gasteiger partial charge in [-0.2, -0.15) is 11.8 Å². The third-order valence-corrected chi connectivity index (χ3v) is 4.37. The molecule has 3 nitrogen and oxygen atoms in total. The molecule has 0 rings (SSSR count). The lowest BCUT2D eigenvalue weighted by molar-refractivity contribution is -0.152. The van der Waals surface area contributed by atoms with Crippen LogP contribution in [0.4, 0.5) is 0 Å². The Morgan fingerprint density at radius 1 is 1.31 bits per heavy atom. The van der Waals surface area contributed by atoms with Crippen LogP contribution in [0.2, 0.25) is 0 Å². The van der Waals surface area contributed by atoms with Crippen molar-refractivity contribution in [3.63, 3.8) is 0 Å². The Labute approximate surface area is 103 Å². The number of hydrogen-bond acceptors (Lipinski definition) is 4. The first kappa shape index (κ1) is 15.8. The predicted octanol–water partition coefficient (Wildman–Crippen LogP) is 2.32. The standard InChI is InChI=1S/C12H24O3S/c1-6-16-10(4)8(2)9(3)12(7-13)15-11(5)14/h8-10,12-13H,6-7H2,1-5H3. The summed E-state index contributed by atoms with van der Waals surface area (Å²) < 4.78 is 5.11. The lowest BCUT2D eigenvalue weighted by Crippen LogP contribution is -2.34. The smallest absolute Gasteiger partial charge is 0.302 e. The van der Waals surface area contributed by atoms with E-state index in [1.54, 1.807) is 0 Å². The molecule has 0 aromatic heterocycles. The largest absolute Gasteiger partial charge is 0.460 e. The zero-order valence-electron chi connectivity index (χ0n) is 10.9. The molecule has 0 saturated carbocycles. The lowest BCUT2D eigenvalue weighted by atomic mass is 9.88. The fourth-order valence-electron chi connectivity index (χ4n) is 1.70. The van der Waals surface area contributed by atoms with Crippen molar-refractivity contribution in [3.05, 3.63) is 0 Å². The van der Waals surface area contributed by atoms with Gasteiger partial charge in [0.2, 0.25) is 0 Å². The summed E-state index contributed by atoms with van der Waals surface area (Å²) in [5, 5.41) is 9.73. The summed E-state index contributed by atoms with van der Waals surface area (Å²) in [6.07, 6.45) is -0.382. The summed E-state index contributed by atoms with van der Waals surface area (Å²) in [4.78, 5) is 10.9. The first-order valence-corrected chi connectivity index (χ1v) is 6.88. The Bertz CT molecular complexity index is 208. The van der Waals surface area contributed by atoms with Gasteiger partial charge in [0.25, 0.3) is 0 Å². The maximum Gasteiger partial charge on any atom is 0.302 e. The molecule has 16 heavy (non-hydrogen) atoms. The van der Waals surface area contributed by atoms with Gasteiger partial charge in [-0.15, -0.1) is 0 Å². The van der Waals surface area contributed by atoms with Crippen LogP contribution in [0, 0.1) is 11.8 Å². The Kier molecular flexibility index (Phi) is 7.85. The molecule has 0 amide bonds. The number of hydrogen-bond donors (Lipinski definition) is 1. The SMILES string of the molecule is CCSC(C)C(C)C(C)C(CO)OC(C)=O. The lowest BCUT2D eigenvalue weighted by Gasteiger charge is -2.30. The van der Waals surface area contributed by atoms with Crippen LogP contribution < -0.4 is 0 Å². The van der Waals surface area contributed by atoms with Crippen LogP contribution >= 0.6 is 11.8 Å². The van der Waals surface area contributed by atoms with Gasteiger partial charge in [-0.1, -0.05) is 27.7 Å². The van der Waals surface area contributed by atoms with Crippen molar-refractivity contribution < 1.29 is 14.6 Å². The molecule has 4 heteroatoms. The second-order valence-corrected chi connectivity index (χ2v) is 5.86. The van der Waals surface area contributed by atoms with Gasteiger partial charge in [0, 0.05) is 12.2 Å². The third-order valence-electron chi connectivity index (χ3n) is 3.08. The Balaban J connectivity index is 4.36.